The third-order valence-electron chi connectivity index (χ3n) is 6.06. The summed E-state index contributed by atoms with van der Waals surface area (Å²) in [6.45, 7) is 0.793. The Labute approximate surface area is 190 Å². The SMILES string of the molecule is COCCCN1C(=O)C(O)=C(C(=O)c2cc3ccccc3o2)C1c1cccc2ccccc12. The van der Waals surface area contributed by atoms with Gasteiger partial charge in [-0.05, 0) is 34.9 Å². The first-order valence-electron chi connectivity index (χ1n) is 10.8. The van der Waals surface area contributed by atoms with Gasteiger partial charge in [-0.25, -0.2) is 0 Å². The van der Waals surface area contributed by atoms with Crippen molar-refractivity contribution < 1.29 is 23.8 Å². The highest BCUT2D eigenvalue weighted by Gasteiger charge is 2.44. The van der Waals surface area contributed by atoms with Gasteiger partial charge in [0, 0.05) is 25.6 Å². The molecular formula is C27H23NO5. The van der Waals surface area contributed by atoms with E-state index in [4.69, 9.17) is 9.15 Å². The van der Waals surface area contributed by atoms with Gasteiger partial charge in [0.05, 0.1) is 11.6 Å². The fourth-order valence-electron chi connectivity index (χ4n) is 4.53. The highest BCUT2D eigenvalue weighted by molar-refractivity contribution is 6.16. The number of para-hydroxylation sites is 1. The predicted molar refractivity (Wildman–Crippen MR) is 125 cm³/mol. The third-order valence-corrected chi connectivity index (χ3v) is 6.06. The van der Waals surface area contributed by atoms with Crippen LogP contribution in [0.15, 0.2) is 88.5 Å². The minimum absolute atomic E-state index is 0.0350. The van der Waals surface area contributed by atoms with Crippen molar-refractivity contribution >= 4 is 33.4 Å². The van der Waals surface area contributed by atoms with Crippen molar-refractivity contribution in [1.29, 1.82) is 0 Å². The van der Waals surface area contributed by atoms with Crippen molar-refractivity contribution in [3.05, 3.63) is 95.5 Å². The number of carbonyl (C=O) groups is 2. The molecule has 0 saturated carbocycles. The van der Waals surface area contributed by atoms with E-state index in [1.165, 1.54) is 0 Å². The molecule has 1 aromatic heterocycles. The molecule has 0 saturated heterocycles. The smallest absolute Gasteiger partial charge is 0.290 e. The van der Waals surface area contributed by atoms with Gasteiger partial charge in [-0.1, -0.05) is 60.7 Å². The molecule has 3 aromatic carbocycles. The van der Waals surface area contributed by atoms with Gasteiger partial charge in [-0.3, -0.25) is 9.59 Å². The maximum absolute atomic E-state index is 13.7. The van der Waals surface area contributed by atoms with Gasteiger partial charge < -0.3 is 19.2 Å². The van der Waals surface area contributed by atoms with E-state index < -0.39 is 23.5 Å². The highest BCUT2D eigenvalue weighted by Crippen LogP contribution is 2.42. The second-order valence-corrected chi connectivity index (χ2v) is 8.06. The van der Waals surface area contributed by atoms with Gasteiger partial charge in [0.25, 0.3) is 5.91 Å². The van der Waals surface area contributed by atoms with Gasteiger partial charge in [0.2, 0.25) is 5.78 Å². The summed E-state index contributed by atoms with van der Waals surface area (Å²) in [4.78, 5) is 28.3. The second-order valence-electron chi connectivity index (χ2n) is 8.06. The summed E-state index contributed by atoms with van der Waals surface area (Å²) in [6, 6.07) is 21.8. The molecule has 2 heterocycles. The number of fused-ring (bicyclic) bond motifs is 2. The summed E-state index contributed by atoms with van der Waals surface area (Å²) in [5.74, 6) is -1.50. The van der Waals surface area contributed by atoms with Crippen LogP contribution >= 0.6 is 0 Å². The van der Waals surface area contributed by atoms with Gasteiger partial charge in [-0.2, -0.15) is 0 Å². The van der Waals surface area contributed by atoms with Crippen LogP contribution in [-0.2, 0) is 9.53 Å². The number of amides is 1. The Bertz CT molecular complexity index is 1360. The van der Waals surface area contributed by atoms with Crippen LogP contribution < -0.4 is 0 Å². The Morgan fingerprint density at radius 1 is 1.03 bits per heavy atom. The summed E-state index contributed by atoms with van der Waals surface area (Å²) in [5, 5.41) is 13.6. The number of rotatable bonds is 7. The minimum Gasteiger partial charge on any atom is -0.503 e. The van der Waals surface area contributed by atoms with Crippen LogP contribution in [0, 0.1) is 0 Å². The number of furan rings is 1. The number of hydrogen-bond acceptors (Lipinski definition) is 5. The van der Waals surface area contributed by atoms with Gasteiger partial charge in [0.1, 0.15) is 5.58 Å². The van der Waals surface area contributed by atoms with E-state index in [-0.39, 0.29) is 11.3 Å². The van der Waals surface area contributed by atoms with Crippen LogP contribution in [0.4, 0.5) is 0 Å². The number of nitrogens with zero attached hydrogens (tertiary/aromatic N) is 1. The summed E-state index contributed by atoms with van der Waals surface area (Å²) >= 11 is 0. The number of ketones is 1. The lowest BCUT2D eigenvalue weighted by molar-refractivity contribution is -0.129. The lowest BCUT2D eigenvalue weighted by Gasteiger charge is -2.27. The highest BCUT2D eigenvalue weighted by atomic mass is 16.5. The topological polar surface area (TPSA) is 80.0 Å². The lowest BCUT2D eigenvalue weighted by atomic mass is 9.91. The fourth-order valence-corrected chi connectivity index (χ4v) is 4.53. The molecule has 5 rings (SSSR count). The number of aliphatic hydroxyl groups is 1. The second kappa shape index (κ2) is 8.56. The third kappa shape index (κ3) is 3.58. The fraction of sp³-hybridized carbons (Fsp3) is 0.185. The van der Waals surface area contributed by atoms with E-state index in [9.17, 15) is 14.7 Å². The molecule has 1 N–H and O–H groups in total. The summed E-state index contributed by atoms with van der Waals surface area (Å²) in [6.07, 6.45) is 0.572. The lowest BCUT2D eigenvalue weighted by Crippen LogP contribution is -2.32. The number of methoxy groups -OCH3 is 1. The largest absolute Gasteiger partial charge is 0.503 e. The number of benzene rings is 3. The average Bonchev–Trinajstić information content (AvgIpc) is 3.38. The molecule has 1 amide bonds. The molecule has 0 spiro atoms. The molecule has 1 atom stereocenters. The number of hydrogen-bond donors (Lipinski definition) is 1. The minimum atomic E-state index is -0.735. The normalized spacial score (nSPS) is 16.3. The molecule has 0 radical (unpaired) electrons. The summed E-state index contributed by atoms with van der Waals surface area (Å²) < 4.78 is 10.9. The number of aliphatic hydroxyl groups excluding tert-OH is 1. The predicted octanol–water partition coefficient (Wildman–Crippen LogP) is 5.20. The van der Waals surface area contributed by atoms with Gasteiger partial charge >= 0.3 is 0 Å². The van der Waals surface area contributed by atoms with E-state index in [1.54, 1.807) is 24.1 Å². The molecule has 0 fully saturated rings. The van der Waals surface area contributed by atoms with Crippen LogP contribution in [0.5, 0.6) is 0 Å². The molecule has 4 aromatic rings. The zero-order valence-corrected chi connectivity index (χ0v) is 18.2. The monoisotopic (exact) mass is 441 g/mol. The molecule has 166 valence electrons. The Kier molecular flexibility index (Phi) is 5.44. The molecule has 0 bridgehead atoms. The molecule has 6 nitrogen and oxygen atoms in total. The van der Waals surface area contributed by atoms with Crippen molar-refractivity contribution in [3.63, 3.8) is 0 Å². The van der Waals surface area contributed by atoms with E-state index in [1.807, 2.05) is 60.7 Å². The van der Waals surface area contributed by atoms with E-state index in [2.05, 4.69) is 0 Å². The average molecular weight is 441 g/mol. The van der Waals surface area contributed by atoms with Crippen LogP contribution in [0.1, 0.15) is 28.6 Å². The van der Waals surface area contributed by atoms with Crippen molar-refractivity contribution in [1.82, 2.24) is 4.90 Å². The molecule has 1 aliphatic rings. The summed E-state index contributed by atoms with van der Waals surface area (Å²) in [7, 11) is 1.60. The number of ether oxygens (including phenoxy) is 1. The van der Waals surface area contributed by atoms with Crippen molar-refractivity contribution in [2.75, 3.05) is 20.3 Å². The first-order chi connectivity index (χ1) is 16.1. The maximum Gasteiger partial charge on any atom is 0.290 e. The summed E-state index contributed by atoms with van der Waals surface area (Å²) in [5.41, 5.74) is 1.39. The molecule has 33 heavy (non-hydrogen) atoms. The maximum atomic E-state index is 13.7. The van der Waals surface area contributed by atoms with Crippen LogP contribution in [0.25, 0.3) is 21.7 Å². The number of Topliss-reactive ketones (excluding diaryl/α,β-unsaturated/α-hetero) is 1. The molecular weight excluding hydrogens is 418 g/mol. The molecule has 0 aliphatic carbocycles. The molecule has 1 unspecified atom stereocenters. The van der Waals surface area contributed by atoms with E-state index in [0.29, 0.717) is 25.2 Å². The number of carbonyl (C=O) groups excluding carboxylic acids is 2. The quantitative estimate of drug-likeness (QED) is 0.315. The van der Waals surface area contributed by atoms with Gasteiger partial charge in [0.15, 0.2) is 11.5 Å². The van der Waals surface area contributed by atoms with Crippen LogP contribution in [-0.4, -0.2) is 42.0 Å². The Morgan fingerprint density at radius 3 is 2.55 bits per heavy atom. The molecule has 1 aliphatic heterocycles. The zero-order valence-electron chi connectivity index (χ0n) is 18.2. The van der Waals surface area contributed by atoms with Crippen molar-refractivity contribution in [2.24, 2.45) is 0 Å². The van der Waals surface area contributed by atoms with Crippen LogP contribution in [0.2, 0.25) is 0 Å². The van der Waals surface area contributed by atoms with E-state index in [0.717, 1.165) is 21.7 Å². The Balaban J connectivity index is 1.65. The molecule has 6 heteroatoms. The standard InChI is InChI=1S/C27H23NO5/c1-32-15-7-14-28-24(20-12-6-10-17-8-2-4-11-19(17)20)23(26(30)27(28)31)25(29)22-16-18-9-3-5-13-21(18)33-22/h2-6,8-13,16,24,30H,7,14-15H2,1H3. The Hall–Kier alpha value is -3.90. The Morgan fingerprint density at radius 2 is 1.76 bits per heavy atom. The van der Waals surface area contributed by atoms with E-state index >= 15 is 0 Å². The van der Waals surface area contributed by atoms with Gasteiger partial charge in [-0.15, -0.1) is 0 Å². The first kappa shape index (κ1) is 21.0. The van der Waals surface area contributed by atoms with Crippen molar-refractivity contribution in [2.45, 2.75) is 12.5 Å². The zero-order chi connectivity index (χ0) is 22.9. The first-order valence-corrected chi connectivity index (χ1v) is 10.8. The van der Waals surface area contributed by atoms with Crippen molar-refractivity contribution in [3.8, 4) is 0 Å². The van der Waals surface area contributed by atoms with Crippen LogP contribution in [0.3, 0.4) is 0 Å².